The van der Waals surface area contributed by atoms with Crippen LogP contribution in [0.1, 0.15) is 86.5 Å². The molecule has 1 aliphatic carbocycles. The maximum Gasteiger partial charge on any atom is 0.126 e. The van der Waals surface area contributed by atoms with Crippen LogP contribution >= 0.6 is 0 Å². The first-order valence-electron chi connectivity index (χ1n) is 10.5. The van der Waals surface area contributed by atoms with Crippen LogP contribution in [0.15, 0.2) is 23.8 Å². The third kappa shape index (κ3) is 7.65. The highest BCUT2D eigenvalue weighted by atomic mass is 32.2. The van der Waals surface area contributed by atoms with Gasteiger partial charge in [0.05, 0.1) is 0 Å². The van der Waals surface area contributed by atoms with Gasteiger partial charge in [0.15, 0.2) is 0 Å². The van der Waals surface area contributed by atoms with Crippen LogP contribution in [-0.2, 0) is 10.9 Å². The van der Waals surface area contributed by atoms with E-state index >= 15 is 0 Å². The number of rotatable bonds is 11. The second-order valence-electron chi connectivity index (χ2n) is 7.92. The summed E-state index contributed by atoms with van der Waals surface area (Å²) in [6.45, 7) is 14.2. The van der Waals surface area contributed by atoms with Gasteiger partial charge in [-0.25, -0.2) is 0 Å². The second kappa shape index (κ2) is 11.9. The minimum atomic E-state index is 0.398. The van der Waals surface area contributed by atoms with Crippen LogP contribution in [0.2, 0.25) is 0 Å². The highest BCUT2D eigenvalue weighted by molar-refractivity contribution is 7.98. The largest absolute Gasteiger partial charge is 0.126 e. The molecule has 0 radical (unpaired) electrons. The molecule has 0 amide bonds. The van der Waals surface area contributed by atoms with Crippen LogP contribution in [0.25, 0.3) is 0 Å². The third-order valence-electron chi connectivity index (χ3n) is 5.42. The number of hydrogen-bond acceptors (Lipinski definition) is 0. The summed E-state index contributed by atoms with van der Waals surface area (Å²) in [5, 5.41) is 0. The van der Waals surface area contributed by atoms with E-state index < -0.39 is 0 Å². The van der Waals surface area contributed by atoms with Crippen molar-refractivity contribution >= 4 is 10.9 Å². The normalized spacial score (nSPS) is 23.4. The Balaban J connectivity index is 2.83. The molecule has 0 saturated heterocycles. The van der Waals surface area contributed by atoms with E-state index in [0.717, 1.165) is 12.3 Å². The molecule has 0 aliphatic heterocycles. The average molecular weight is 362 g/mol. The van der Waals surface area contributed by atoms with Gasteiger partial charge in [-0.3, -0.25) is 0 Å². The van der Waals surface area contributed by atoms with Crippen molar-refractivity contribution in [3.8, 4) is 11.8 Å². The van der Waals surface area contributed by atoms with E-state index in [9.17, 15) is 0 Å². The Morgan fingerprint density at radius 1 is 1.20 bits per heavy atom. The minimum absolute atomic E-state index is 0.398. The molecule has 0 aromatic heterocycles. The molecule has 0 aromatic carbocycles. The van der Waals surface area contributed by atoms with Crippen LogP contribution in [0.5, 0.6) is 0 Å². The molecule has 3 atom stereocenters. The monoisotopic (exact) mass is 361 g/mol. The fourth-order valence-electron chi connectivity index (χ4n) is 3.86. The van der Waals surface area contributed by atoms with Crippen LogP contribution in [0.3, 0.4) is 0 Å². The molecule has 0 saturated carbocycles. The summed E-state index contributed by atoms with van der Waals surface area (Å²) in [5.74, 6) is 10.8. The summed E-state index contributed by atoms with van der Waals surface area (Å²) in [6.07, 6.45) is 15.8. The standard InChI is InChI=1S/C24H41S/c1-7-11-15-22(9-3)23-16-13-12-14-21(17-18-23)20-24(5,6)25(10-4)19-8-2/h14,17-18,22-23H,7-12,15,19-20H2,1-6H3/q+1/b18-17-,21-14+. The first kappa shape index (κ1) is 22.4. The van der Waals surface area contributed by atoms with Gasteiger partial charge in [0, 0.05) is 18.8 Å². The van der Waals surface area contributed by atoms with Gasteiger partial charge in [-0.2, -0.15) is 0 Å². The topological polar surface area (TPSA) is 0 Å². The van der Waals surface area contributed by atoms with Gasteiger partial charge in [-0.15, -0.1) is 0 Å². The Bertz CT molecular complexity index is 486. The van der Waals surface area contributed by atoms with Gasteiger partial charge < -0.3 is 0 Å². The lowest BCUT2D eigenvalue weighted by Gasteiger charge is -2.26. The lowest BCUT2D eigenvalue weighted by molar-refractivity contribution is 0.402. The number of hydrogen-bond donors (Lipinski definition) is 0. The van der Waals surface area contributed by atoms with E-state index in [1.54, 1.807) is 0 Å². The third-order valence-corrected chi connectivity index (χ3v) is 8.73. The fourth-order valence-corrected chi connectivity index (χ4v) is 6.35. The van der Waals surface area contributed by atoms with Crippen molar-refractivity contribution < 1.29 is 0 Å². The molecular weight excluding hydrogens is 320 g/mol. The fraction of sp³-hybridized carbons (Fsp3) is 0.750. The second-order valence-corrected chi connectivity index (χ2v) is 11.0. The zero-order chi connectivity index (χ0) is 18.7. The summed E-state index contributed by atoms with van der Waals surface area (Å²) >= 11 is 0. The number of allylic oxidation sites excluding steroid dienone is 4. The van der Waals surface area contributed by atoms with E-state index in [4.69, 9.17) is 0 Å². The molecule has 0 fully saturated rings. The predicted molar refractivity (Wildman–Crippen MR) is 118 cm³/mol. The lowest BCUT2D eigenvalue weighted by atomic mass is 9.84. The quantitative estimate of drug-likeness (QED) is 0.276. The van der Waals surface area contributed by atoms with Crippen LogP contribution in [0, 0.1) is 23.7 Å². The summed E-state index contributed by atoms with van der Waals surface area (Å²) < 4.78 is 0.398. The minimum Gasteiger partial charge on any atom is -0.0985 e. The van der Waals surface area contributed by atoms with Crippen molar-refractivity contribution in [3.63, 3.8) is 0 Å². The molecule has 25 heavy (non-hydrogen) atoms. The van der Waals surface area contributed by atoms with Crippen LogP contribution in [-0.4, -0.2) is 16.3 Å². The van der Waals surface area contributed by atoms with Crippen molar-refractivity contribution in [1.82, 2.24) is 0 Å². The van der Waals surface area contributed by atoms with Gasteiger partial charge in [0.25, 0.3) is 0 Å². The first-order valence-corrected chi connectivity index (χ1v) is 12.1. The Morgan fingerprint density at radius 2 is 1.96 bits per heavy atom. The van der Waals surface area contributed by atoms with Gasteiger partial charge in [-0.05, 0) is 56.0 Å². The zero-order valence-electron chi connectivity index (χ0n) is 17.7. The van der Waals surface area contributed by atoms with E-state index in [-0.39, 0.29) is 0 Å². The molecule has 1 heteroatoms. The smallest absolute Gasteiger partial charge is 0.0985 e. The molecule has 1 rings (SSSR count). The Morgan fingerprint density at radius 3 is 2.56 bits per heavy atom. The van der Waals surface area contributed by atoms with E-state index in [0.29, 0.717) is 21.6 Å². The van der Waals surface area contributed by atoms with Crippen LogP contribution in [0.4, 0.5) is 0 Å². The molecule has 142 valence electrons. The zero-order valence-corrected chi connectivity index (χ0v) is 18.5. The van der Waals surface area contributed by atoms with Gasteiger partial charge in [0.2, 0.25) is 0 Å². The maximum absolute atomic E-state index is 3.54. The molecule has 0 aromatic rings. The SMILES string of the molecule is CCCCC(CC)C1C#CC/C=C(CC(C)(C)[S+](CC)CCC)\C=C/1. The van der Waals surface area contributed by atoms with E-state index in [1.807, 2.05) is 0 Å². The molecule has 0 N–H and O–H groups in total. The molecule has 0 nitrogen and oxygen atoms in total. The predicted octanol–water partition coefficient (Wildman–Crippen LogP) is 6.93. The molecule has 3 unspecified atom stereocenters. The van der Waals surface area contributed by atoms with Crippen molar-refractivity contribution in [2.45, 2.75) is 91.2 Å². The number of unbranched alkanes of at least 4 members (excludes halogenated alkanes) is 1. The summed E-state index contributed by atoms with van der Waals surface area (Å²) in [6, 6.07) is 0. The maximum atomic E-state index is 3.54. The van der Waals surface area contributed by atoms with E-state index in [1.165, 1.54) is 55.6 Å². The average Bonchev–Trinajstić information content (AvgIpc) is 2.57. The van der Waals surface area contributed by atoms with Gasteiger partial charge in [-0.1, -0.05) is 70.1 Å². The summed E-state index contributed by atoms with van der Waals surface area (Å²) in [5.41, 5.74) is 1.51. The van der Waals surface area contributed by atoms with Crippen LogP contribution < -0.4 is 0 Å². The van der Waals surface area contributed by atoms with Crippen molar-refractivity contribution in [1.29, 1.82) is 0 Å². The highest BCUT2D eigenvalue weighted by Gasteiger charge is 2.36. The molecule has 1 aliphatic rings. The molecule has 0 bridgehead atoms. The molecule has 0 spiro atoms. The summed E-state index contributed by atoms with van der Waals surface area (Å²) in [4.78, 5) is 0. The Hall–Kier alpha value is -0.610. The van der Waals surface area contributed by atoms with Crippen molar-refractivity contribution in [3.05, 3.63) is 23.8 Å². The highest BCUT2D eigenvalue weighted by Crippen LogP contribution is 2.31. The van der Waals surface area contributed by atoms with Gasteiger partial charge >= 0.3 is 0 Å². The molecular formula is C24H41S+. The Kier molecular flexibility index (Phi) is 10.7. The Labute approximate surface area is 161 Å². The lowest BCUT2D eigenvalue weighted by Crippen LogP contribution is -2.36. The molecule has 0 heterocycles. The van der Waals surface area contributed by atoms with Gasteiger partial charge in [0.1, 0.15) is 16.3 Å². The summed E-state index contributed by atoms with van der Waals surface area (Å²) in [7, 11) is 0.512. The van der Waals surface area contributed by atoms with Crippen molar-refractivity contribution in [2.75, 3.05) is 11.5 Å². The van der Waals surface area contributed by atoms with Crippen molar-refractivity contribution in [2.24, 2.45) is 11.8 Å². The van der Waals surface area contributed by atoms with E-state index in [2.05, 4.69) is 71.6 Å². The first-order chi connectivity index (χ1) is 12.0.